The fraction of sp³-hybridized carbons (Fsp3) is 0.227. The van der Waals surface area contributed by atoms with Crippen molar-refractivity contribution in [2.24, 2.45) is 0 Å². The molecule has 0 spiro atoms. The second-order valence-corrected chi connectivity index (χ2v) is 7.90. The number of hydrogen-bond donors (Lipinski definition) is 1. The van der Waals surface area contributed by atoms with Crippen LogP contribution in [-0.4, -0.2) is 14.7 Å². The monoisotopic (exact) mass is 372 g/mol. The number of nitriles is 1. The van der Waals surface area contributed by atoms with Crippen LogP contribution in [0.4, 0.5) is 0 Å². The van der Waals surface area contributed by atoms with Gasteiger partial charge in [-0.15, -0.1) is 0 Å². The van der Waals surface area contributed by atoms with E-state index in [1.54, 1.807) is 0 Å². The number of hydrogen-bond acceptors (Lipinski definition) is 4. The van der Waals surface area contributed by atoms with Crippen molar-refractivity contribution in [3.63, 3.8) is 0 Å². The molecule has 0 saturated heterocycles. The zero-order valence-electron chi connectivity index (χ0n) is 16.0. The lowest BCUT2D eigenvalue weighted by Crippen LogP contribution is -2.11. The van der Waals surface area contributed by atoms with Crippen LogP contribution >= 0.6 is 0 Å². The van der Waals surface area contributed by atoms with Crippen molar-refractivity contribution in [3.8, 4) is 17.5 Å². The van der Waals surface area contributed by atoms with Gasteiger partial charge in [0.2, 0.25) is 0 Å². The summed E-state index contributed by atoms with van der Waals surface area (Å²) in [6, 6.07) is 16.4. The third-order valence-electron chi connectivity index (χ3n) is 4.89. The highest BCUT2D eigenvalue weighted by Gasteiger charge is 2.14. The number of fused-ring (bicyclic) bond motifs is 1. The van der Waals surface area contributed by atoms with E-state index in [2.05, 4.69) is 65.8 Å². The van der Waals surface area contributed by atoms with Gasteiger partial charge in [-0.05, 0) is 22.6 Å². The Morgan fingerprint density at radius 3 is 2.54 bits per heavy atom. The molecule has 0 radical (unpaired) electrons. The molecule has 6 nitrogen and oxygen atoms in total. The Balaban J connectivity index is 1.75. The minimum absolute atomic E-state index is 0.107. The summed E-state index contributed by atoms with van der Waals surface area (Å²) in [5.41, 5.74) is 4.78. The summed E-state index contributed by atoms with van der Waals surface area (Å²) in [5.74, 6) is -0.227. The van der Waals surface area contributed by atoms with Crippen molar-refractivity contribution in [2.45, 2.75) is 32.7 Å². The van der Waals surface area contributed by atoms with Gasteiger partial charge in [-0.2, -0.15) is 5.26 Å². The Bertz CT molecular complexity index is 1240. The number of nitrogens with one attached hydrogen (secondary N) is 1. The zero-order valence-corrected chi connectivity index (χ0v) is 16.0. The standard InChI is InChI=1S/C22H20N4O2/c1-22(2,3)17-7-4-14(5-8-17)12-26-13-16(11-23)18-9-6-15(10-19(18)26)20-24-21(27)28-25-20/h4-10,13H,12H2,1-3H3,(H,24,25,27). The van der Waals surface area contributed by atoms with Gasteiger partial charge in [0.1, 0.15) is 6.07 Å². The molecule has 4 aromatic rings. The first-order chi connectivity index (χ1) is 13.3. The second kappa shape index (κ2) is 6.54. The van der Waals surface area contributed by atoms with E-state index < -0.39 is 5.76 Å². The molecule has 0 fully saturated rings. The van der Waals surface area contributed by atoms with E-state index in [1.165, 1.54) is 5.56 Å². The van der Waals surface area contributed by atoms with Crippen LogP contribution in [0.15, 0.2) is 58.0 Å². The second-order valence-electron chi connectivity index (χ2n) is 7.90. The maximum atomic E-state index is 11.3. The van der Waals surface area contributed by atoms with Crippen LogP contribution in [-0.2, 0) is 12.0 Å². The van der Waals surface area contributed by atoms with Crippen LogP contribution < -0.4 is 5.76 Å². The molecule has 0 aliphatic heterocycles. The fourth-order valence-corrected chi connectivity index (χ4v) is 3.32. The molecule has 2 heterocycles. The Kier molecular flexibility index (Phi) is 4.16. The molecule has 1 N–H and O–H groups in total. The molecule has 2 aromatic heterocycles. The molecule has 140 valence electrons. The number of H-pyrrole nitrogens is 1. The van der Waals surface area contributed by atoms with Crippen molar-refractivity contribution < 1.29 is 4.52 Å². The molecular formula is C22H20N4O2. The molecule has 0 aliphatic carbocycles. The van der Waals surface area contributed by atoms with Crippen LogP contribution in [0.2, 0.25) is 0 Å². The van der Waals surface area contributed by atoms with E-state index in [9.17, 15) is 10.1 Å². The van der Waals surface area contributed by atoms with Gasteiger partial charge < -0.3 is 4.57 Å². The summed E-state index contributed by atoms with van der Waals surface area (Å²) in [7, 11) is 0. The maximum Gasteiger partial charge on any atom is 0.439 e. The zero-order chi connectivity index (χ0) is 19.9. The molecule has 2 aromatic carbocycles. The molecule has 0 aliphatic rings. The van der Waals surface area contributed by atoms with Crippen molar-refractivity contribution in [1.82, 2.24) is 14.7 Å². The van der Waals surface area contributed by atoms with Gasteiger partial charge in [-0.3, -0.25) is 9.51 Å². The van der Waals surface area contributed by atoms with Crippen LogP contribution in [0.5, 0.6) is 0 Å². The Morgan fingerprint density at radius 2 is 1.93 bits per heavy atom. The lowest BCUT2D eigenvalue weighted by molar-refractivity contribution is 0.388. The van der Waals surface area contributed by atoms with E-state index in [1.807, 2.05) is 29.0 Å². The Labute approximate surface area is 162 Å². The quantitative estimate of drug-likeness (QED) is 0.584. The first-order valence-electron chi connectivity index (χ1n) is 9.04. The molecule has 0 amide bonds. The highest BCUT2D eigenvalue weighted by Crippen LogP contribution is 2.27. The summed E-state index contributed by atoms with van der Waals surface area (Å²) in [5, 5.41) is 14.1. The lowest BCUT2D eigenvalue weighted by atomic mass is 9.87. The third-order valence-corrected chi connectivity index (χ3v) is 4.89. The van der Waals surface area contributed by atoms with E-state index in [0.717, 1.165) is 22.0 Å². The van der Waals surface area contributed by atoms with Gasteiger partial charge in [-0.25, -0.2) is 4.79 Å². The summed E-state index contributed by atoms with van der Waals surface area (Å²) >= 11 is 0. The number of aromatic nitrogens is 3. The summed E-state index contributed by atoms with van der Waals surface area (Å²) in [6.07, 6.45) is 1.86. The number of nitrogens with zero attached hydrogens (tertiary/aromatic N) is 3. The normalized spacial score (nSPS) is 11.6. The van der Waals surface area contributed by atoms with Gasteiger partial charge >= 0.3 is 5.76 Å². The van der Waals surface area contributed by atoms with Gasteiger partial charge in [0.05, 0.1) is 11.1 Å². The third kappa shape index (κ3) is 3.23. The lowest BCUT2D eigenvalue weighted by Gasteiger charge is -2.19. The topological polar surface area (TPSA) is 87.6 Å². The average molecular weight is 372 g/mol. The van der Waals surface area contributed by atoms with E-state index in [-0.39, 0.29) is 5.41 Å². The van der Waals surface area contributed by atoms with E-state index in [4.69, 9.17) is 0 Å². The predicted molar refractivity (Wildman–Crippen MR) is 107 cm³/mol. The summed E-state index contributed by atoms with van der Waals surface area (Å²) in [4.78, 5) is 13.8. The van der Waals surface area contributed by atoms with Crippen molar-refractivity contribution in [3.05, 3.63) is 75.9 Å². The van der Waals surface area contributed by atoms with Crippen LogP contribution in [0, 0.1) is 11.3 Å². The number of rotatable bonds is 3. The molecule has 0 atom stereocenters. The molecule has 0 saturated carbocycles. The molecule has 4 rings (SSSR count). The van der Waals surface area contributed by atoms with Crippen molar-refractivity contribution >= 4 is 10.9 Å². The smallest absolute Gasteiger partial charge is 0.342 e. The summed E-state index contributed by atoms with van der Waals surface area (Å²) < 4.78 is 6.64. The van der Waals surface area contributed by atoms with Crippen LogP contribution in [0.1, 0.15) is 37.5 Å². The molecule has 0 unspecified atom stereocenters. The first-order valence-corrected chi connectivity index (χ1v) is 9.04. The van der Waals surface area contributed by atoms with E-state index in [0.29, 0.717) is 17.9 Å². The predicted octanol–water partition coefficient (Wildman–Crippen LogP) is 4.20. The summed E-state index contributed by atoms with van der Waals surface area (Å²) in [6.45, 7) is 7.21. The molecule has 28 heavy (non-hydrogen) atoms. The Hall–Kier alpha value is -3.59. The number of aromatic amines is 1. The van der Waals surface area contributed by atoms with Crippen LogP contribution in [0.25, 0.3) is 22.3 Å². The largest absolute Gasteiger partial charge is 0.439 e. The first kappa shape index (κ1) is 17.8. The fourth-order valence-electron chi connectivity index (χ4n) is 3.32. The SMILES string of the molecule is CC(C)(C)c1ccc(Cn2cc(C#N)c3ccc(-c4noc(=O)[nH]4)cc32)cc1. The molecular weight excluding hydrogens is 352 g/mol. The van der Waals surface area contributed by atoms with Gasteiger partial charge in [-0.1, -0.05) is 62.3 Å². The minimum Gasteiger partial charge on any atom is -0.342 e. The van der Waals surface area contributed by atoms with Gasteiger partial charge in [0.25, 0.3) is 0 Å². The maximum absolute atomic E-state index is 11.3. The Morgan fingerprint density at radius 1 is 1.18 bits per heavy atom. The molecule has 6 heteroatoms. The number of benzene rings is 2. The van der Waals surface area contributed by atoms with Crippen molar-refractivity contribution in [1.29, 1.82) is 5.26 Å². The average Bonchev–Trinajstić information content (AvgIpc) is 3.25. The van der Waals surface area contributed by atoms with Gasteiger partial charge in [0, 0.05) is 23.7 Å². The highest BCUT2D eigenvalue weighted by atomic mass is 16.5. The van der Waals surface area contributed by atoms with Gasteiger partial charge in [0.15, 0.2) is 5.82 Å². The van der Waals surface area contributed by atoms with Crippen molar-refractivity contribution in [2.75, 3.05) is 0 Å². The van der Waals surface area contributed by atoms with E-state index >= 15 is 0 Å². The minimum atomic E-state index is -0.595. The highest BCUT2D eigenvalue weighted by molar-refractivity contribution is 5.89. The van der Waals surface area contributed by atoms with Crippen LogP contribution in [0.3, 0.4) is 0 Å². The molecule has 0 bridgehead atoms.